The Kier molecular flexibility index (Phi) is 6.91. The summed E-state index contributed by atoms with van der Waals surface area (Å²) in [5, 5.41) is 0. The zero-order valence-electron chi connectivity index (χ0n) is 11.7. The minimum absolute atomic E-state index is 0.0435. The van der Waals surface area contributed by atoms with E-state index in [1.807, 2.05) is 0 Å². The Morgan fingerprint density at radius 2 is 1.81 bits per heavy atom. The van der Waals surface area contributed by atoms with Crippen LogP contribution >= 0.6 is 11.6 Å². The van der Waals surface area contributed by atoms with Crippen molar-refractivity contribution in [2.45, 2.75) is 65.3 Å². The molecule has 3 heteroatoms. The first-order chi connectivity index (χ1) is 7.18. The van der Waals surface area contributed by atoms with Gasteiger partial charge < -0.3 is 4.43 Å². The fraction of sp³-hybridized carbons (Fsp3) is 0.846. The molecule has 0 aliphatic rings. The quantitative estimate of drug-likeness (QED) is 0.358. The minimum Gasteiger partial charge on any atom is -0.412 e. The molecule has 0 aliphatic heterocycles. The molecule has 0 saturated carbocycles. The fourth-order valence-electron chi connectivity index (χ4n) is 1.83. The van der Waals surface area contributed by atoms with Crippen LogP contribution < -0.4 is 0 Å². The lowest BCUT2D eigenvalue weighted by Crippen LogP contribution is -2.40. The van der Waals surface area contributed by atoms with Crippen LogP contribution in [-0.4, -0.2) is 19.8 Å². The first-order valence-electron chi connectivity index (χ1n) is 6.08. The third kappa shape index (κ3) is 8.37. The normalized spacial score (nSPS) is 15.7. The van der Waals surface area contributed by atoms with Gasteiger partial charge >= 0.3 is 0 Å². The van der Waals surface area contributed by atoms with Crippen molar-refractivity contribution >= 4 is 19.9 Å². The summed E-state index contributed by atoms with van der Waals surface area (Å²) in [5.74, 6) is 0.676. The monoisotopic (exact) mass is 262 g/mol. The molecule has 0 unspecified atom stereocenters. The Labute approximate surface area is 107 Å². The molecule has 0 saturated heterocycles. The molecule has 0 spiro atoms. The lowest BCUT2D eigenvalue weighted by atomic mass is 9.96. The molecule has 0 fully saturated rings. The van der Waals surface area contributed by atoms with E-state index in [1.165, 1.54) is 5.57 Å². The average molecular weight is 263 g/mol. The van der Waals surface area contributed by atoms with Gasteiger partial charge in [-0.2, -0.15) is 0 Å². The molecular formula is C13H27ClOSi. The number of rotatable bonds is 7. The maximum absolute atomic E-state index is 6.27. The van der Waals surface area contributed by atoms with Crippen molar-refractivity contribution in [2.75, 3.05) is 5.88 Å². The molecule has 1 atom stereocenters. The predicted molar refractivity (Wildman–Crippen MR) is 76.8 cm³/mol. The van der Waals surface area contributed by atoms with Crippen molar-refractivity contribution in [1.29, 1.82) is 0 Å². The molecule has 0 heterocycles. The largest absolute Gasteiger partial charge is 0.412 e. The van der Waals surface area contributed by atoms with Gasteiger partial charge in [-0.05, 0) is 59.7 Å². The Balaban J connectivity index is 4.38. The SMILES string of the molecule is CC(C)=CCC[C@@](C)(CCCl)O[Si](C)(C)C. The van der Waals surface area contributed by atoms with Gasteiger partial charge in [0.15, 0.2) is 8.32 Å². The molecular weight excluding hydrogens is 236 g/mol. The maximum atomic E-state index is 6.27. The van der Waals surface area contributed by atoms with Gasteiger partial charge in [-0.3, -0.25) is 0 Å². The predicted octanol–water partition coefficient (Wildman–Crippen LogP) is 4.97. The van der Waals surface area contributed by atoms with Crippen LogP contribution in [-0.2, 0) is 4.43 Å². The first-order valence-corrected chi connectivity index (χ1v) is 10.0. The maximum Gasteiger partial charge on any atom is 0.184 e. The Morgan fingerprint density at radius 3 is 2.19 bits per heavy atom. The second-order valence-electron chi connectivity index (χ2n) is 5.92. The van der Waals surface area contributed by atoms with Crippen LogP contribution in [0.25, 0.3) is 0 Å². The van der Waals surface area contributed by atoms with Crippen LogP contribution in [0.1, 0.15) is 40.0 Å². The van der Waals surface area contributed by atoms with E-state index < -0.39 is 8.32 Å². The highest BCUT2D eigenvalue weighted by Crippen LogP contribution is 2.27. The third-order valence-corrected chi connectivity index (χ3v) is 3.70. The van der Waals surface area contributed by atoms with Crippen LogP contribution in [0.5, 0.6) is 0 Å². The van der Waals surface area contributed by atoms with E-state index in [-0.39, 0.29) is 5.60 Å². The summed E-state index contributed by atoms with van der Waals surface area (Å²) in [5.41, 5.74) is 1.33. The minimum atomic E-state index is -1.49. The summed E-state index contributed by atoms with van der Waals surface area (Å²) < 4.78 is 6.27. The molecule has 0 radical (unpaired) electrons. The van der Waals surface area contributed by atoms with Crippen molar-refractivity contribution in [2.24, 2.45) is 0 Å². The highest BCUT2D eigenvalue weighted by molar-refractivity contribution is 6.69. The van der Waals surface area contributed by atoms with Gasteiger partial charge in [0.05, 0.1) is 5.60 Å². The molecule has 0 aromatic carbocycles. The Bertz CT molecular complexity index is 229. The summed E-state index contributed by atoms with van der Waals surface area (Å²) >= 11 is 5.88. The van der Waals surface area contributed by atoms with Crippen LogP contribution in [0.4, 0.5) is 0 Å². The topological polar surface area (TPSA) is 9.23 Å². The third-order valence-electron chi connectivity index (χ3n) is 2.40. The molecule has 16 heavy (non-hydrogen) atoms. The number of hydrogen-bond donors (Lipinski definition) is 0. The van der Waals surface area contributed by atoms with Crippen LogP contribution in [0.2, 0.25) is 19.6 Å². The summed E-state index contributed by atoms with van der Waals surface area (Å²) in [6.07, 6.45) is 5.37. The molecule has 1 nitrogen and oxygen atoms in total. The molecule has 0 aromatic rings. The fourth-order valence-corrected chi connectivity index (χ4v) is 3.91. The number of alkyl halides is 1. The molecule has 0 rings (SSSR count). The Morgan fingerprint density at radius 1 is 1.25 bits per heavy atom. The summed E-state index contributed by atoms with van der Waals surface area (Å²) in [6, 6.07) is 0. The smallest absolute Gasteiger partial charge is 0.184 e. The van der Waals surface area contributed by atoms with Crippen molar-refractivity contribution < 1.29 is 4.43 Å². The van der Waals surface area contributed by atoms with Crippen molar-refractivity contribution in [3.05, 3.63) is 11.6 Å². The number of allylic oxidation sites excluding steroid dienone is 2. The first kappa shape index (κ1) is 16.2. The van der Waals surface area contributed by atoms with Gasteiger partial charge in [-0.25, -0.2) is 0 Å². The van der Waals surface area contributed by atoms with E-state index in [1.54, 1.807) is 0 Å². The zero-order chi connectivity index (χ0) is 12.8. The number of hydrogen-bond acceptors (Lipinski definition) is 1. The summed E-state index contributed by atoms with van der Waals surface area (Å²) in [4.78, 5) is 0. The average Bonchev–Trinajstić information content (AvgIpc) is 1.98. The molecule has 0 bridgehead atoms. The van der Waals surface area contributed by atoms with Crippen molar-refractivity contribution in [3.8, 4) is 0 Å². The second kappa shape index (κ2) is 6.82. The van der Waals surface area contributed by atoms with E-state index in [0.717, 1.165) is 19.3 Å². The standard InChI is InChI=1S/C13H27ClOSi/c1-12(2)8-7-9-13(3,10-11-14)15-16(4,5)6/h8H,7,9-11H2,1-6H3/t13-/m0/s1. The van der Waals surface area contributed by atoms with Crippen molar-refractivity contribution in [3.63, 3.8) is 0 Å². The molecule has 0 aliphatic carbocycles. The highest BCUT2D eigenvalue weighted by atomic mass is 35.5. The van der Waals surface area contributed by atoms with Gasteiger partial charge in [0.25, 0.3) is 0 Å². The van der Waals surface area contributed by atoms with E-state index in [0.29, 0.717) is 5.88 Å². The second-order valence-corrected chi connectivity index (χ2v) is 10.7. The molecule has 0 N–H and O–H groups in total. The zero-order valence-corrected chi connectivity index (χ0v) is 13.4. The van der Waals surface area contributed by atoms with Crippen LogP contribution in [0.15, 0.2) is 11.6 Å². The highest BCUT2D eigenvalue weighted by Gasteiger charge is 2.30. The summed E-state index contributed by atoms with van der Waals surface area (Å²) in [6.45, 7) is 13.2. The lowest BCUT2D eigenvalue weighted by Gasteiger charge is -2.36. The van der Waals surface area contributed by atoms with E-state index in [2.05, 4.69) is 46.5 Å². The van der Waals surface area contributed by atoms with Gasteiger partial charge in [-0.15, -0.1) is 11.6 Å². The molecule has 0 amide bonds. The summed E-state index contributed by atoms with van der Waals surface area (Å²) in [7, 11) is -1.49. The van der Waals surface area contributed by atoms with Crippen molar-refractivity contribution in [1.82, 2.24) is 0 Å². The van der Waals surface area contributed by atoms with Gasteiger partial charge in [0.2, 0.25) is 0 Å². The molecule has 0 aromatic heterocycles. The van der Waals surface area contributed by atoms with E-state index >= 15 is 0 Å². The lowest BCUT2D eigenvalue weighted by molar-refractivity contribution is 0.0688. The Hall–Kier alpha value is 0.207. The molecule has 96 valence electrons. The van der Waals surface area contributed by atoms with Gasteiger partial charge in [0.1, 0.15) is 0 Å². The van der Waals surface area contributed by atoms with E-state index in [4.69, 9.17) is 16.0 Å². The van der Waals surface area contributed by atoms with Crippen LogP contribution in [0, 0.1) is 0 Å². The van der Waals surface area contributed by atoms with Gasteiger partial charge in [0, 0.05) is 5.88 Å². The number of halogens is 1. The van der Waals surface area contributed by atoms with Gasteiger partial charge in [-0.1, -0.05) is 11.6 Å². The van der Waals surface area contributed by atoms with Crippen LogP contribution in [0.3, 0.4) is 0 Å². The van der Waals surface area contributed by atoms with E-state index in [9.17, 15) is 0 Å².